The maximum absolute atomic E-state index is 11.7. The van der Waals surface area contributed by atoms with Crippen molar-refractivity contribution in [1.82, 2.24) is 5.43 Å². The van der Waals surface area contributed by atoms with E-state index in [0.717, 1.165) is 0 Å². The van der Waals surface area contributed by atoms with Crippen LogP contribution in [0.5, 0.6) is 5.75 Å². The standard InChI is InChI=1S/C8H9FN2O2/c9-5-13-7-3-1-6(2-4-7)8(12)11-10/h1-4H,5,10H2,(H,11,12). The molecule has 0 saturated carbocycles. The third kappa shape index (κ3) is 2.41. The van der Waals surface area contributed by atoms with Crippen LogP contribution in [0.4, 0.5) is 4.39 Å². The molecule has 4 nitrogen and oxygen atoms in total. The lowest BCUT2D eigenvalue weighted by Crippen LogP contribution is -2.29. The van der Waals surface area contributed by atoms with Crippen LogP contribution in [0.1, 0.15) is 10.4 Å². The number of nitrogens with two attached hydrogens (primary N) is 1. The van der Waals surface area contributed by atoms with Crippen molar-refractivity contribution >= 4 is 5.91 Å². The van der Waals surface area contributed by atoms with Gasteiger partial charge in [0.05, 0.1) is 0 Å². The van der Waals surface area contributed by atoms with Crippen molar-refractivity contribution in [2.45, 2.75) is 0 Å². The molecule has 0 radical (unpaired) electrons. The number of alkyl halides is 1. The van der Waals surface area contributed by atoms with Gasteiger partial charge < -0.3 is 4.74 Å². The lowest BCUT2D eigenvalue weighted by atomic mass is 10.2. The van der Waals surface area contributed by atoms with Crippen molar-refractivity contribution in [3.05, 3.63) is 29.8 Å². The number of hydrazine groups is 1. The molecule has 1 aromatic rings. The second-order valence-corrected chi connectivity index (χ2v) is 2.25. The summed E-state index contributed by atoms with van der Waals surface area (Å²) in [5.41, 5.74) is 2.38. The summed E-state index contributed by atoms with van der Waals surface area (Å²) in [5.74, 6) is 4.88. The van der Waals surface area contributed by atoms with Gasteiger partial charge in [-0.3, -0.25) is 10.2 Å². The molecule has 0 aliphatic heterocycles. The van der Waals surface area contributed by atoms with Gasteiger partial charge in [0.25, 0.3) is 5.91 Å². The minimum absolute atomic E-state index is 0.371. The molecule has 0 atom stereocenters. The minimum Gasteiger partial charge on any atom is -0.463 e. The number of nitrogens with one attached hydrogen (secondary N) is 1. The highest BCUT2D eigenvalue weighted by molar-refractivity contribution is 5.93. The van der Waals surface area contributed by atoms with Crippen LogP contribution >= 0.6 is 0 Å². The second kappa shape index (κ2) is 4.42. The van der Waals surface area contributed by atoms with Crippen LogP contribution in [0, 0.1) is 0 Å². The molecule has 0 bridgehead atoms. The summed E-state index contributed by atoms with van der Waals surface area (Å²) in [6.45, 7) is -0.886. The highest BCUT2D eigenvalue weighted by atomic mass is 19.1. The van der Waals surface area contributed by atoms with Crippen molar-refractivity contribution < 1.29 is 13.9 Å². The number of carbonyl (C=O) groups excluding carboxylic acids is 1. The van der Waals surface area contributed by atoms with Crippen LogP contribution in [0.25, 0.3) is 0 Å². The maximum atomic E-state index is 11.7. The fourth-order valence-electron chi connectivity index (χ4n) is 0.849. The SMILES string of the molecule is NNC(=O)c1ccc(OCF)cc1. The molecule has 0 aromatic heterocycles. The average Bonchev–Trinajstić information content (AvgIpc) is 2.18. The van der Waals surface area contributed by atoms with E-state index in [2.05, 4.69) is 4.74 Å². The number of hydrogen-bond acceptors (Lipinski definition) is 3. The summed E-state index contributed by atoms with van der Waals surface area (Å²) < 4.78 is 16.2. The highest BCUT2D eigenvalue weighted by Crippen LogP contribution is 2.11. The van der Waals surface area contributed by atoms with Crippen LogP contribution < -0.4 is 16.0 Å². The fraction of sp³-hybridized carbons (Fsp3) is 0.125. The molecule has 1 rings (SSSR count). The van der Waals surface area contributed by atoms with E-state index < -0.39 is 12.8 Å². The smallest absolute Gasteiger partial charge is 0.265 e. The van der Waals surface area contributed by atoms with Crippen LogP contribution in [-0.2, 0) is 0 Å². The number of rotatable bonds is 3. The first kappa shape index (κ1) is 9.47. The van der Waals surface area contributed by atoms with Gasteiger partial charge >= 0.3 is 0 Å². The Morgan fingerprint density at radius 1 is 1.46 bits per heavy atom. The Morgan fingerprint density at radius 2 is 2.08 bits per heavy atom. The Hall–Kier alpha value is -1.62. The predicted molar refractivity (Wildman–Crippen MR) is 44.7 cm³/mol. The molecule has 0 saturated heterocycles. The van der Waals surface area contributed by atoms with Gasteiger partial charge in [-0.25, -0.2) is 10.2 Å². The number of ether oxygens (including phenoxy) is 1. The first-order valence-corrected chi connectivity index (χ1v) is 3.57. The Bertz CT molecular complexity index is 287. The van der Waals surface area contributed by atoms with Crippen LogP contribution in [-0.4, -0.2) is 12.8 Å². The Balaban J connectivity index is 2.75. The lowest BCUT2D eigenvalue weighted by molar-refractivity contribution is 0.0953. The zero-order valence-electron chi connectivity index (χ0n) is 6.79. The van der Waals surface area contributed by atoms with Crippen LogP contribution in [0.2, 0.25) is 0 Å². The van der Waals surface area contributed by atoms with E-state index in [1.807, 2.05) is 5.43 Å². The topological polar surface area (TPSA) is 64.3 Å². The van der Waals surface area contributed by atoms with E-state index >= 15 is 0 Å². The summed E-state index contributed by atoms with van der Waals surface area (Å²) in [7, 11) is 0. The van der Waals surface area contributed by atoms with Gasteiger partial charge in [-0.15, -0.1) is 0 Å². The lowest BCUT2D eigenvalue weighted by Gasteiger charge is -2.02. The van der Waals surface area contributed by atoms with Crippen molar-refractivity contribution in [2.24, 2.45) is 5.84 Å². The third-order valence-corrected chi connectivity index (χ3v) is 1.47. The van der Waals surface area contributed by atoms with Gasteiger partial charge in [0.1, 0.15) is 5.75 Å². The van der Waals surface area contributed by atoms with Gasteiger partial charge in [-0.05, 0) is 24.3 Å². The number of carbonyl (C=O) groups is 1. The molecule has 0 unspecified atom stereocenters. The van der Waals surface area contributed by atoms with Crippen LogP contribution in [0.3, 0.4) is 0 Å². The van der Waals surface area contributed by atoms with Crippen molar-refractivity contribution in [3.63, 3.8) is 0 Å². The third-order valence-electron chi connectivity index (χ3n) is 1.47. The molecule has 0 fully saturated rings. The van der Waals surface area contributed by atoms with E-state index in [9.17, 15) is 9.18 Å². The summed E-state index contributed by atoms with van der Waals surface area (Å²) in [5, 5.41) is 0. The van der Waals surface area contributed by atoms with E-state index in [4.69, 9.17) is 5.84 Å². The average molecular weight is 184 g/mol. The molecule has 13 heavy (non-hydrogen) atoms. The number of halogens is 1. The number of hydrogen-bond donors (Lipinski definition) is 2. The Morgan fingerprint density at radius 3 is 2.54 bits per heavy atom. The van der Waals surface area contributed by atoms with Gasteiger partial charge in [0.2, 0.25) is 6.86 Å². The predicted octanol–water partition coefficient (Wildman–Crippen LogP) is 0.596. The summed E-state index contributed by atoms with van der Waals surface area (Å²) >= 11 is 0. The van der Waals surface area contributed by atoms with E-state index in [1.54, 1.807) is 0 Å². The molecule has 1 aromatic carbocycles. The number of nitrogen functional groups attached to an aromatic ring is 1. The monoisotopic (exact) mass is 184 g/mol. The highest BCUT2D eigenvalue weighted by Gasteiger charge is 2.02. The molecular weight excluding hydrogens is 175 g/mol. The Kier molecular flexibility index (Phi) is 3.22. The quantitative estimate of drug-likeness (QED) is 0.410. The van der Waals surface area contributed by atoms with E-state index in [-0.39, 0.29) is 0 Å². The van der Waals surface area contributed by atoms with Gasteiger partial charge in [-0.1, -0.05) is 0 Å². The second-order valence-electron chi connectivity index (χ2n) is 2.25. The van der Waals surface area contributed by atoms with Crippen LogP contribution in [0.15, 0.2) is 24.3 Å². The number of benzene rings is 1. The van der Waals surface area contributed by atoms with Crippen molar-refractivity contribution in [1.29, 1.82) is 0 Å². The van der Waals surface area contributed by atoms with E-state index in [0.29, 0.717) is 11.3 Å². The molecule has 70 valence electrons. The van der Waals surface area contributed by atoms with Gasteiger partial charge in [0.15, 0.2) is 0 Å². The molecule has 5 heteroatoms. The normalized spacial score (nSPS) is 9.38. The van der Waals surface area contributed by atoms with Gasteiger partial charge in [0, 0.05) is 5.56 Å². The molecule has 0 aliphatic rings. The molecule has 0 aliphatic carbocycles. The van der Waals surface area contributed by atoms with E-state index in [1.165, 1.54) is 24.3 Å². The van der Waals surface area contributed by atoms with Gasteiger partial charge in [-0.2, -0.15) is 0 Å². The maximum Gasteiger partial charge on any atom is 0.265 e. The molecule has 3 N–H and O–H groups in total. The van der Waals surface area contributed by atoms with Crippen molar-refractivity contribution in [3.8, 4) is 5.75 Å². The largest absolute Gasteiger partial charge is 0.463 e. The summed E-state index contributed by atoms with van der Waals surface area (Å²) in [6, 6.07) is 5.97. The molecule has 0 heterocycles. The molecule has 1 amide bonds. The fourth-order valence-corrected chi connectivity index (χ4v) is 0.849. The molecular formula is C8H9FN2O2. The first-order valence-electron chi connectivity index (χ1n) is 3.57. The van der Waals surface area contributed by atoms with Crippen molar-refractivity contribution in [2.75, 3.05) is 6.86 Å². The molecule has 0 spiro atoms. The minimum atomic E-state index is -0.886. The zero-order valence-corrected chi connectivity index (χ0v) is 6.79. The zero-order chi connectivity index (χ0) is 9.68. The Labute approximate surface area is 74.5 Å². The summed E-state index contributed by atoms with van der Waals surface area (Å²) in [6.07, 6.45) is 0. The number of amides is 1. The first-order chi connectivity index (χ1) is 6.27. The summed E-state index contributed by atoms with van der Waals surface area (Å²) in [4.78, 5) is 10.9.